The first-order valence-electron chi connectivity index (χ1n) is 5.66. The standard InChI is InChI=1S/C12H18N2O3S/c1-12(2,13)9-18(17)8-7-10-5-3-4-6-11(10)14(15)16/h3-6H,7-9,13H2,1-2H3. The molecule has 0 radical (unpaired) electrons. The second kappa shape index (κ2) is 6.06. The van der Waals surface area contributed by atoms with Crippen LogP contribution in [0.3, 0.4) is 0 Å². The fourth-order valence-electron chi connectivity index (χ4n) is 1.61. The second-order valence-corrected chi connectivity index (χ2v) is 6.49. The van der Waals surface area contributed by atoms with Crippen LogP contribution in [0.2, 0.25) is 0 Å². The molecule has 5 nitrogen and oxygen atoms in total. The van der Waals surface area contributed by atoms with Crippen LogP contribution in [-0.4, -0.2) is 26.2 Å². The van der Waals surface area contributed by atoms with Gasteiger partial charge in [-0.05, 0) is 20.3 Å². The lowest BCUT2D eigenvalue weighted by atomic mass is 10.1. The SMILES string of the molecule is CC(C)(N)CS(=O)CCc1ccccc1[N+](=O)[O-]. The average Bonchev–Trinajstić information content (AvgIpc) is 2.24. The Kier molecular flexibility index (Phi) is 4.98. The molecule has 1 unspecified atom stereocenters. The molecule has 0 bridgehead atoms. The van der Waals surface area contributed by atoms with Crippen LogP contribution in [-0.2, 0) is 17.2 Å². The van der Waals surface area contributed by atoms with E-state index < -0.39 is 21.3 Å². The molecule has 0 saturated heterocycles. The molecule has 18 heavy (non-hydrogen) atoms. The van der Waals surface area contributed by atoms with E-state index in [-0.39, 0.29) is 5.69 Å². The van der Waals surface area contributed by atoms with E-state index in [2.05, 4.69) is 0 Å². The number of aryl methyl sites for hydroxylation is 1. The zero-order valence-corrected chi connectivity index (χ0v) is 11.4. The molecule has 1 rings (SSSR count). The van der Waals surface area contributed by atoms with Crippen molar-refractivity contribution in [2.24, 2.45) is 5.73 Å². The Labute approximate surface area is 109 Å². The summed E-state index contributed by atoms with van der Waals surface area (Å²) in [5.41, 5.74) is 6.00. The zero-order chi connectivity index (χ0) is 13.8. The highest BCUT2D eigenvalue weighted by Crippen LogP contribution is 2.18. The van der Waals surface area contributed by atoms with Crippen LogP contribution >= 0.6 is 0 Å². The highest BCUT2D eigenvalue weighted by atomic mass is 32.2. The summed E-state index contributed by atoms with van der Waals surface area (Å²) < 4.78 is 11.8. The Morgan fingerprint density at radius 3 is 2.56 bits per heavy atom. The first-order chi connectivity index (χ1) is 8.29. The van der Waals surface area contributed by atoms with Crippen LogP contribution < -0.4 is 5.73 Å². The third-order valence-corrected chi connectivity index (χ3v) is 4.05. The largest absolute Gasteiger partial charge is 0.325 e. The lowest BCUT2D eigenvalue weighted by Crippen LogP contribution is -2.38. The van der Waals surface area contributed by atoms with Gasteiger partial charge >= 0.3 is 0 Å². The molecule has 1 aromatic rings. The summed E-state index contributed by atoms with van der Waals surface area (Å²) in [5, 5.41) is 10.8. The Balaban J connectivity index is 2.64. The van der Waals surface area contributed by atoms with E-state index in [1.54, 1.807) is 18.2 Å². The normalized spacial score (nSPS) is 13.3. The van der Waals surface area contributed by atoms with Gasteiger partial charge in [0, 0.05) is 39.5 Å². The molecule has 0 heterocycles. The van der Waals surface area contributed by atoms with E-state index in [4.69, 9.17) is 5.73 Å². The molecule has 0 spiro atoms. The van der Waals surface area contributed by atoms with Gasteiger partial charge in [0.15, 0.2) is 0 Å². The van der Waals surface area contributed by atoms with Crippen LogP contribution in [0.4, 0.5) is 5.69 Å². The van der Waals surface area contributed by atoms with Gasteiger partial charge in [-0.15, -0.1) is 0 Å². The summed E-state index contributed by atoms with van der Waals surface area (Å²) >= 11 is 0. The molecule has 0 amide bonds. The van der Waals surface area contributed by atoms with Crippen molar-refractivity contribution in [3.05, 3.63) is 39.9 Å². The van der Waals surface area contributed by atoms with Crippen molar-refractivity contribution < 1.29 is 9.13 Å². The van der Waals surface area contributed by atoms with Crippen LogP contribution in [0.5, 0.6) is 0 Å². The molecule has 0 aliphatic rings. The van der Waals surface area contributed by atoms with Crippen molar-refractivity contribution in [2.45, 2.75) is 25.8 Å². The molecule has 0 fully saturated rings. The number of nitro groups is 1. The first-order valence-corrected chi connectivity index (χ1v) is 7.14. The topological polar surface area (TPSA) is 86.2 Å². The molecule has 0 saturated carbocycles. The number of nitrogens with two attached hydrogens (primary N) is 1. The van der Waals surface area contributed by atoms with Gasteiger partial charge in [0.2, 0.25) is 0 Å². The maximum Gasteiger partial charge on any atom is 0.272 e. The molecule has 100 valence electrons. The van der Waals surface area contributed by atoms with Crippen molar-refractivity contribution in [2.75, 3.05) is 11.5 Å². The summed E-state index contributed by atoms with van der Waals surface area (Å²) in [7, 11) is -1.06. The van der Waals surface area contributed by atoms with Crippen molar-refractivity contribution in [1.82, 2.24) is 0 Å². The van der Waals surface area contributed by atoms with E-state index in [1.807, 2.05) is 13.8 Å². The Morgan fingerprint density at radius 1 is 1.39 bits per heavy atom. The van der Waals surface area contributed by atoms with E-state index in [1.165, 1.54) is 6.07 Å². The van der Waals surface area contributed by atoms with Gasteiger partial charge in [0.05, 0.1) is 4.92 Å². The second-order valence-electron chi connectivity index (χ2n) is 4.91. The summed E-state index contributed by atoms with van der Waals surface area (Å²) in [6, 6.07) is 6.54. The molecule has 2 N–H and O–H groups in total. The third kappa shape index (κ3) is 4.93. The van der Waals surface area contributed by atoms with E-state index in [0.29, 0.717) is 23.5 Å². The number of nitrogens with zero attached hydrogens (tertiary/aromatic N) is 1. The molecule has 1 atom stereocenters. The van der Waals surface area contributed by atoms with Gasteiger partial charge in [-0.3, -0.25) is 14.3 Å². The lowest BCUT2D eigenvalue weighted by Gasteiger charge is -2.17. The maximum atomic E-state index is 11.8. The molecular weight excluding hydrogens is 252 g/mol. The number of nitro benzene ring substituents is 1. The summed E-state index contributed by atoms with van der Waals surface area (Å²) in [6.07, 6.45) is 0.430. The molecule has 0 aliphatic heterocycles. The van der Waals surface area contributed by atoms with Crippen molar-refractivity contribution in [1.29, 1.82) is 0 Å². The molecule has 1 aromatic carbocycles. The summed E-state index contributed by atoms with van der Waals surface area (Å²) in [5.74, 6) is 0.791. The van der Waals surface area contributed by atoms with Crippen LogP contribution in [0.1, 0.15) is 19.4 Å². The monoisotopic (exact) mass is 270 g/mol. The van der Waals surface area contributed by atoms with Crippen molar-refractivity contribution in [3.63, 3.8) is 0 Å². The van der Waals surface area contributed by atoms with Gasteiger partial charge in [0.25, 0.3) is 5.69 Å². The Morgan fingerprint density at radius 2 is 2.00 bits per heavy atom. The number of hydrogen-bond acceptors (Lipinski definition) is 4. The number of rotatable bonds is 6. The van der Waals surface area contributed by atoms with Crippen molar-refractivity contribution >= 4 is 16.5 Å². The summed E-state index contributed by atoms with van der Waals surface area (Å²) in [4.78, 5) is 10.4. The average molecular weight is 270 g/mol. The quantitative estimate of drug-likeness (QED) is 0.628. The van der Waals surface area contributed by atoms with Gasteiger partial charge in [-0.2, -0.15) is 0 Å². The van der Waals surface area contributed by atoms with Crippen molar-refractivity contribution in [3.8, 4) is 0 Å². The van der Waals surface area contributed by atoms with Crippen LogP contribution in [0.15, 0.2) is 24.3 Å². The predicted molar refractivity (Wildman–Crippen MR) is 72.9 cm³/mol. The number of hydrogen-bond donors (Lipinski definition) is 1. The van der Waals surface area contributed by atoms with Gasteiger partial charge in [-0.1, -0.05) is 18.2 Å². The molecule has 6 heteroatoms. The predicted octanol–water partition coefficient (Wildman–Crippen LogP) is 1.62. The van der Waals surface area contributed by atoms with E-state index in [0.717, 1.165) is 0 Å². The van der Waals surface area contributed by atoms with E-state index >= 15 is 0 Å². The maximum absolute atomic E-state index is 11.8. The number of para-hydroxylation sites is 1. The highest BCUT2D eigenvalue weighted by Gasteiger charge is 2.17. The minimum absolute atomic E-state index is 0.0847. The zero-order valence-electron chi connectivity index (χ0n) is 10.6. The van der Waals surface area contributed by atoms with Gasteiger partial charge in [-0.25, -0.2) is 0 Å². The third-order valence-electron chi connectivity index (χ3n) is 2.32. The Hall–Kier alpha value is -1.27. The number of benzene rings is 1. The minimum Gasteiger partial charge on any atom is -0.325 e. The van der Waals surface area contributed by atoms with Gasteiger partial charge < -0.3 is 5.73 Å². The highest BCUT2D eigenvalue weighted by molar-refractivity contribution is 7.85. The molecular formula is C12H18N2O3S. The smallest absolute Gasteiger partial charge is 0.272 e. The fourth-order valence-corrected chi connectivity index (χ4v) is 3.03. The fraction of sp³-hybridized carbons (Fsp3) is 0.500. The Bertz CT molecular complexity index is 455. The van der Waals surface area contributed by atoms with Gasteiger partial charge in [0.1, 0.15) is 0 Å². The van der Waals surface area contributed by atoms with E-state index in [9.17, 15) is 14.3 Å². The van der Waals surface area contributed by atoms with Crippen LogP contribution in [0, 0.1) is 10.1 Å². The first kappa shape index (κ1) is 14.8. The molecule has 0 aliphatic carbocycles. The summed E-state index contributed by atoms with van der Waals surface area (Å²) in [6.45, 7) is 3.63. The lowest BCUT2D eigenvalue weighted by molar-refractivity contribution is -0.385. The minimum atomic E-state index is -1.06. The van der Waals surface area contributed by atoms with Crippen LogP contribution in [0.25, 0.3) is 0 Å². The molecule has 0 aromatic heterocycles.